The molecule has 3 heterocycles. The van der Waals surface area contributed by atoms with Crippen LogP contribution in [0.1, 0.15) is 316 Å². The van der Waals surface area contributed by atoms with Crippen molar-refractivity contribution >= 4 is 5.91 Å². The predicted octanol–water partition coefficient (Wildman–Crippen LogP) is 12.3. The average molecular weight is 1370 g/mol. The molecule has 19 heteroatoms. The largest absolute Gasteiger partial charge is 0.394 e. The smallest absolute Gasteiger partial charge is 0.220 e. The lowest BCUT2D eigenvalue weighted by atomic mass is 9.96. The number of aliphatic hydroxyl groups is 11. The Hall–Kier alpha value is -1.99. The van der Waals surface area contributed by atoms with Crippen molar-refractivity contribution in [2.75, 3.05) is 26.4 Å². The van der Waals surface area contributed by atoms with Gasteiger partial charge in [0, 0.05) is 6.42 Å². The van der Waals surface area contributed by atoms with Gasteiger partial charge in [-0.05, 0) is 51.4 Å². The summed E-state index contributed by atoms with van der Waals surface area (Å²) >= 11 is 0. The van der Waals surface area contributed by atoms with Crippen LogP contribution in [0.2, 0.25) is 0 Å². The van der Waals surface area contributed by atoms with Gasteiger partial charge in [0.1, 0.15) is 73.2 Å². The Morgan fingerprint density at radius 3 is 1.07 bits per heavy atom. The lowest BCUT2D eigenvalue weighted by Crippen LogP contribution is -2.66. The van der Waals surface area contributed by atoms with Gasteiger partial charge >= 0.3 is 0 Å². The molecule has 96 heavy (non-hydrogen) atoms. The van der Waals surface area contributed by atoms with Crippen LogP contribution in [0.4, 0.5) is 0 Å². The standard InChI is InChI=1S/C77H143NO18/c1-3-5-7-9-11-13-15-17-19-21-23-25-27-28-29-30-31-32-33-35-37-39-41-43-45-47-49-51-53-55-65(83)78-60(61(82)54-52-50-48-46-44-42-40-38-36-34-26-24-22-20-18-16-14-12-10-8-6-4-2)59-91-75-71(89)68(86)73(63(57-80)93-75)96-77-72(90)69(87)74(64(58-81)94-77)95-76-70(88)67(85)66(84)62(56-79)92-76/h15,17,21,23,27-28,60-64,66-77,79-82,84-90H,3-14,16,18-20,22,24-26,29-59H2,1-2H3,(H,78,83)/b17-15-,23-21-,28-27-. The number of carbonyl (C=O) groups excluding carboxylic acids is 1. The van der Waals surface area contributed by atoms with Crippen molar-refractivity contribution in [1.82, 2.24) is 5.32 Å². The van der Waals surface area contributed by atoms with Crippen LogP contribution >= 0.6 is 0 Å². The van der Waals surface area contributed by atoms with Gasteiger partial charge in [-0.15, -0.1) is 0 Å². The van der Waals surface area contributed by atoms with Gasteiger partial charge in [0.05, 0.1) is 38.6 Å². The van der Waals surface area contributed by atoms with E-state index in [-0.39, 0.29) is 18.9 Å². The summed E-state index contributed by atoms with van der Waals surface area (Å²) in [6.45, 7) is 1.83. The zero-order valence-corrected chi connectivity index (χ0v) is 60.1. The molecule has 0 aromatic heterocycles. The van der Waals surface area contributed by atoms with Gasteiger partial charge in [0.2, 0.25) is 5.91 Å². The number of hydrogen-bond acceptors (Lipinski definition) is 18. The molecule has 3 rings (SSSR count). The number of carbonyl (C=O) groups is 1. The molecule has 0 spiro atoms. The Kier molecular flexibility index (Phi) is 53.8. The van der Waals surface area contributed by atoms with E-state index in [0.29, 0.717) is 12.8 Å². The van der Waals surface area contributed by atoms with Crippen molar-refractivity contribution < 1.29 is 89.4 Å². The van der Waals surface area contributed by atoms with E-state index in [1.165, 1.54) is 225 Å². The van der Waals surface area contributed by atoms with Gasteiger partial charge in [-0.1, -0.05) is 294 Å². The van der Waals surface area contributed by atoms with Crippen molar-refractivity contribution in [2.45, 2.75) is 420 Å². The summed E-state index contributed by atoms with van der Waals surface area (Å²) in [5.74, 6) is -0.239. The molecule has 0 bridgehead atoms. The Morgan fingerprint density at radius 1 is 0.375 bits per heavy atom. The molecule has 19 nitrogen and oxygen atoms in total. The van der Waals surface area contributed by atoms with E-state index in [0.717, 1.165) is 57.8 Å². The van der Waals surface area contributed by atoms with E-state index in [9.17, 15) is 61.0 Å². The van der Waals surface area contributed by atoms with E-state index < -0.39 is 124 Å². The number of allylic oxidation sites excluding steroid dienone is 6. The van der Waals surface area contributed by atoms with Gasteiger partial charge in [0.15, 0.2) is 18.9 Å². The molecule has 0 aromatic carbocycles. The van der Waals surface area contributed by atoms with E-state index in [4.69, 9.17) is 28.4 Å². The normalized spacial score (nSPS) is 27.2. The molecule has 3 aliphatic rings. The van der Waals surface area contributed by atoms with Crippen molar-refractivity contribution in [3.05, 3.63) is 36.5 Å². The quantitative estimate of drug-likeness (QED) is 0.0199. The molecule has 17 atom stereocenters. The first kappa shape index (κ1) is 88.2. The molecule has 3 fully saturated rings. The zero-order chi connectivity index (χ0) is 69.6. The third-order valence-corrected chi connectivity index (χ3v) is 19.7. The number of ether oxygens (including phenoxy) is 6. The molecule has 3 saturated heterocycles. The molecule has 3 aliphatic heterocycles. The number of unbranched alkanes of at least 4 members (excludes halogenated alkanes) is 40. The molecule has 564 valence electrons. The highest BCUT2D eigenvalue weighted by atomic mass is 16.8. The number of aliphatic hydroxyl groups excluding tert-OH is 11. The SMILES string of the molecule is CCCCCCC/C=C\C/C=C\C/C=C\CCCCCCCCCCCCCCCCC(=O)NC(COC1OC(CO)C(OC2OC(CO)C(OC3OC(CO)C(O)C(O)C3O)C(O)C2O)C(O)C1O)C(O)CCCCCCCCCCCCCCCCCCCCCCCC. The van der Waals surface area contributed by atoms with Crippen LogP contribution in [0, 0.1) is 0 Å². The Balaban J connectivity index is 1.38. The molecular weight excluding hydrogens is 1230 g/mol. The molecule has 0 saturated carbocycles. The summed E-state index contributed by atoms with van der Waals surface area (Å²) in [7, 11) is 0. The minimum atomic E-state index is -1.97. The van der Waals surface area contributed by atoms with E-state index >= 15 is 0 Å². The number of amides is 1. The molecular formula is C77H143NO18. The van der Waals surface area contributed by atoms with Crippen LogP contribution in [0.3, 0.4) is 0 Å². The number of hydrogen-bond donors (Lipinski definition) is 12. The average Bonchev–Trinajstić information content (AvgIpc) is 0.787. The van der Waals surface area contributed by atoms with E-state index in [1.807, 2.05) is 0 Å². The Labute approximate surface area is 581 Å². The fourth-order valence-corrected chi connectivity index (χ4v) is 13.4. The van der Waals surface area contributed by atoms with Crippen molar-refractivity contribution in [3.63, 3.8) is 0 Å². The highest BCUT2D eigenvalue weighted by molar-refractivity contribution is 5.76. The van der Waals surface area contributed by atoms with Crippen molar-refractivity contribution in [3.8, 4) is 0 Å². The fraction of sp³-hybridized carbons (Fsp3) is 0.909. The highest BCUT2D eigenvalue weighted by Crippen LogP contribution is 2.33. The second kappa shape index (κ2) is 58.5. The third kappa shape index (κ3) is 38.9. The topological polar surface area (TPSA) is 307 Å². The Bertz CT molecular complexity index is 1880. The molecule has 0 aromatic rings. The van der Waals surface area contributed by atoms with E-state index in [1.54, 1.807) is 0 Å². The van der Waals surface area contributed by atoms with Crippen LogP contribution < -0.4 is 5.32 Å². The van der Waals surface area contributed by atoms with Crippen LogP contribution in [-0.2, 0) is 33.2 Å². The third-order valence-electron chi connectivity index (χ3n) is 19.7. The molecule has 0 radical (unpaired) electrons. The zero-order valence-electron chi connectivity index (χ0n) is 60.1. The first-order valence-electron chi connectivity index (χ1n) is 39.2. The second-order valence-corrected chi connectivity index (χ2v) is 28.2. The van der Waals surface area contributed by atoms with Crippen molar-refractivity contribution in [2.24, 2.45) is 0 Å². The van der Waals surface area contributed by atoms with Gasteiger partial charge in [0.25, 0.3) is 0 Å². The maximum absolute atomic E-state index is 13.5. The van der Waals surface area contributed by atoms with Gasteiger partial charge < -0.3 is 89.9 Å². The van der Waals surface area contributed by atoms with E-state index in [2.05, 4.69) is 55.6 Å². The predicted molar refractivity (Wildman–Crippen MR) is 379 cm³/mol. The van der Waals surface area contributed by atoms with Gasteiger partial charge in [-0.3, -0.25) is 4.79 Å². The molecule has 0 aliphatic carbocycles. The van der Waals surface area contributed by atoms with Gasteiger partial charge in [-0.2, -0.15) is 0 Å². The molecule has 1 amide bonds. The van der Waals surface area contributed by atoms with Crippen molar-refractivity contribution in [1.29, 1.82) is 0 Å². The first-order chi connectivity index (χ1) is 46.8. The lowest BCUT2D eigenvalue weighted by molar-refractivity contribution is -0.379. The summed E-state index contributed by atoms with van der Waals surface area (Å²) in [4.78, 5) is 13.5. The number of nitrogens with one attached hydrogen (secondary N) is 1. The Morgan fingerprint density at radius 2 is 0.688 bits per heavy atom. The van der Waals surface area contributed by atoms with Crippen LogP contribution in [0.5, 0.6) is 0 Å². The molecule has 17 unspecified atom stereocenters. The van der Waals surface area contributed by atoms with Crippen LogP contribution in [0.15, 0.2) is 36.5 Å². The minimum Gasteiger partial charge on any atom is -0.394 e. The second-order valence-electron chi connectivity index (χ2n) is 28.2. The maximum atomic E-state index is 13.5. The number of rotatable bonds is 62. The van der Waals surface area contributed by atoms with Crippen LogP contribution in [0.25, 0.3) is 0 Å². The first-order valence-corrected chi connectivity index (χ1v) is 39.2. The van der Waals surface area contributed by atoms with Crippen LogP contribution in [-0.4, -0.2) is 193 Å². The molecule has 12 N–H and O–H groups in total. The summed E-state index contributed by atoms with van der Waals surface area (Å²) < 4.78 is 34.5. The highest BCUT2D eigenvalue weighted by Gasteiger charge is 2.54. The monoisotopic (exact) mass is 1370 g/mol. The van der Waals surface area contributed by atoms with Gasteiger partial charge in [-0.25, -0.2) is 0 Å². The lowest BCUT2D eigenvalue weighted by Gasteiger charge is -2.48. The summed E-state index contributed by atoms with van der Waals surface area (Å²) in [5, 5.41) is 121. The maximum Gasteiger partial charge on any atom is 0.220 e. The minimum absolute atomic E-state index is 0.239. The summed E-state index contributed by atoms with van der Waals surface area (Å²) in [6.07, 6.45) is 43.6. The fourth-order valence-electron chi connectivity index (χ4n) is 13.4. The summed E-state index contributed by atoms with van der Waals surface area (Å²) in [5.41, 5.74) is 0. The summed E-state index contributed by atoms with van der Waals surface area (Å²) in [6, 6.07) is -0.889.